The molecule has 5 N–H and O–H groups in total. The van der Waals surface area contributed by atoms with E-state index in [-0.39, 0.29) is 11.9 Å². The second-order valence-electron chi connectivity index (χ2n) is 2.57. The van der Waals surface area contributed by atoms with Crippen molar-refractivity contribution in [3.8, 4) is 0 Å². The van der Waals surface area contributed by atoms with Crippen LogP contribution in [0.1, 0.15) is 0 Å². The van der Waals surface area contributed by atoms with Crippen LogP contribution in [0.3, 0.4) is 0 Å². The largest absolute Gasteiger partial charge is 0.370 e. The Bertz CT molecular complexity index is 415. The van der Waals surface area contributed by atoms with Crippen LogP contribution >= 0.6 is 0 Å². The van der Waals surface area contributed by atoms with Crippen molar-refractivity contribution in [2.45, 2.75) is 0 Å². The Morgan fingerprint density at radius 1 is 1.06 bits per heavy atom. The van der Waals surface area contributed by atoms with Crippen molar-refractivity contribution in [3.05, 3.63) is 30.3 Å². The number of rotatable bonds is 1. The van der Waals surface area contributed by atoms with Gasteiger partial charge >= 0.3 is 0 Å². The molecule has 1 aliphatic heterocycles. The summed E-state index contributed by atoms with van der Waals surface area (Å²) in [5.74, 6) is -0.0406. The van der Waals surface area contributed by atoms with Crippen molar-refractivity contribution < 1.29 is 0 Å². The Morgan fingerprint density at radius 3 is 2.00 bits per heavy atom. The Morgan fingerprint density at radius 2 is 1.62 bits per heavy atom. The minimum absolute atomic E-state index is 0.0891. The molecular formula is C8H10N8. The summed E-state index contributed by atoms with van der Waals surface area (Å²) in [4.78, 5) is 3.83. The highest BCUT2D eigenvalue weighted by molar-refractivity contribution is 5.78. The van der Waals surface area contributed by atoms with E-state index >= 15 is 0 Å². The van der Waals surface area contributed by atoms with Crippen LogP contribution in [0.2, 0.25) is 0 Å². The molecule has 1 heterocycles. The molecule has 0 aromatic heterocycles. The van der Waals surface area contributed by atoms with Gasteiger partial charge in [-0.3, -0.25) is 5.41 Å². The average Bonchev–Trinajstić information content (AvgIpc) is 2.71. The van der Waals surface area contributed by atoms with Gasteiger partial charge in [-0.1, -0.05) is 28.4 Å². The maximum atomic E-state index is 6.53. The Balaban J connectivity index is 0.000000181. The average molecular weight is 218 g/mol. The standard InChI is InChI=1S/C7H9N3.CHN5/c8-7(9)10-6-4-2-1-3-5-6;2-1-3-5-6-4-1/h1-5H,(H4,8,9,10);2H. The molecule has 82 valence electrons. The minimum Gasteiger partial charge on any atom is -0.370 e. The molecule has 0 saturated carbocycles. The number of guanidine groups is 2. The molecule has 1 aromatic rings. The lowest BCUT2D eigenvalue weighted by Gasteiger charge is -1.91. The van der Waals surface area contributed by atoms with Crippen molar-refractivity contribution in [1.29, 1.82) is 5.41 Å². The number of hydrogen-bond donors (Lipinski definition) is 3. The molecule has 2 rings (SSSR count). The Hall–Kier alpha value is -2.64. The summed E-state index contributed by atoms with van der Waals surface area (Å²) in [7, 11) is 0. The van der Waals surface area contributed by atoms with E-state index in [1.807, 2.05) is 30.3 Å². The topological polar surface area (TPSA) is 138 Å². The van der Waals surface area contributed by atoms with Gasteiger partial charge in [0, 0.05) is 0 Å². The van der Waals surface area contributed by atoms with Crippen LogP contribution in [0.15, 0.2) is 56.0 Å². The minimum atomic E-state index is -0.130. The molecule has 0 bridgehead atoms. The molecule has 0 spiro atoms. The Labute approximate surface area is 91.3 Å². The zero-order chi connectivity index (χ0) is 11.8. The van der Waals surface area contributed by atoms with Crippen LogP contribution in [0.5, 0.6) is 0 Å². The third-order valence-electron chi connectivity index (χ3n) is 1.33. The maximum Gasteiger partial charge on any atom is 0.284 e. The molecule has 16 heavy (non-hydrogen) atoms. The summed E-state index contributed by atoms with van der Waals surface area (Å²) >= 11 is 0. The normalized spacial score (nSPS) is 11.9. The third kappa shape index (κ3) is 4.56. The van der Waals surface area contributed by atoms with Crippen LogP contribution in [-0.4, -0.2) is 11.9 Å². The first-order chi connectivity index (χ1) is 7.68. The number of benzene rings is 1. The fraction of sp³-hybridized carbons (Fsp3) is 0. The molecular weight excluding hydrogens is 208 g/mol. The molecule has 0 amide bonds. The van der Waals surface area contributed by atoms with Gasteiger partial charge in [-0.25, -0.2) is 4.99 Å². The smallest absolute Gasteiger partial charge is 0.284 e. The molecule has 0 aliphatic carbocycles. The second kappa shape index (κ2) is 5.96. The summed E-state index contributed by atoms with van der Waals surface area (Å²) in [6.07, 6.45) is 0. The van der Waals surface area contributed by atoms with Crippen molar-refractivity contribution in [3.63, 3.8) is 0 Å². The van der Waals surface area contributed by atoms with Crippen LogP contribution in [0, 0.1) is 5.41 Å². The van der Waals surface area contributed by atoms with E-state index in [9.17, 15) is 0 Å². The van der Waals surface area contributed by atoms with Gasteiger partial charge < -0.3 is 11.5 Å². The van der Waals surface area contributed by atoms with E-state index in [1.54, 1.807) is 0 Å². The highest BCUT2D eigenvalue weighted by Crippen LogP contribution is 2.07. The third-order valence-corrected chi connectivity index (χ3v) is 1.33. The molecule has 1 aliphatic rings. The van der Waals surface area contributed by atoms with E-state index in [0.717, 1.165) is 5.69 Å². The monoisotopic (exact) mass is 218 g/mol. The van der Waals surface area contributed by atoms with E-state index < -0.39 is 0 Å². The quantitative estimate of drug-likeness (QED) is 0.483. The number of hydrogen-bond acceptors (Lipinski definition) is 4. The number of nitrogens with two attached hydrogens (primary N) is 2. The summed E-state index contributed by atoms with van der Waals surface area (Å²) in [6, 6.07) is 9.33. The lowest BCUT2D eigenvalue weighted by atomic mass is 10.3. The fourth-order valence-corrected chi connectivity index (χ4v) is 0.796. The molecule has 1 aromatic carbocycles. The molecule has 0 fully saturated rings. The zero-order valence-electron chi connectivity index (χ0n) is 8.28. The van der Waals surface area contributed by atoms with Crippen LogP contribution in [-0.2, 0) is 0 Å². The van der Waals surface area contributed by atoms with Crippen molar-refractivity contribution in [2.24, 2.45) is 37.1 Å². The van der Waals surface area contributed by atoms with Gasteiger partial charge in [0.1, 0.15) is 0 Å². The van der Waals surface area contributed by atoms with Gasteiger partial charge in [0.15, 0.2) is 5.96 Å². The highest BCUT2D eigenvalue weighted by Gasteiger charge is 1.90. The van der Waals surface area contributed by atoms with Crippen LogP contribution in [0.4, 0.5) is 5.69 Å². The number of para-hydroxylation sites is 1. The summed E-state index contributed by atoms with van der Waals surface area (Å²) < 4.78 is 0. The molecule has 0 saturated heterocycles. The van der Waals surface area contributed by atoms with E-state index in [1.165, 1.54) is 0 Å². The van der Waals surface area contributed by atoms with Crippen LogP contribution in [0.25, 0.3) is 0 Å². The first-order valence-corrected chi connectivity index (χ1v) is 4.23. The van der Waals surface area contributed by atoms with Crippen molar-refractivity contribution in [2.75, 3.05) is 0 Å². The maximum absolute atomic E-state index is 6.53. The lowest BCUT2D eigenvalue weighted by molar-refractivity contribution is 1.06. The van der Waals surface area contributed by atoms with Gasteiger partial charge in [-0.05, 0) is 22.6 Å². The van der Waals surface area contributed by atoms with E-state index in [4.69, 9.17) is 16.9 Å². The van der Waals surface area contributed by atoms with E-state index in [2.05, 4.69) is 25.7 Å². The zero-order valence-corrected chi connectivity index (χ0v) is 8.28. The first-order valence-electron chi connectivity index (χ1n) is 4.23. The van der Waals surface area contributed by atoms with Gasteiger partial charge in [-0.2, -0.15) is 0 Å². The Kier molecular flexibility index (Phi) is 4.26. The summed E-state index contributed by atoms with van der Waals surface area (Å²) in [6.45, 7) is 0. The van der Waals surface area contributed by atoms with Gasteiger partial charge in [0.05, 0.1) is 5.69 Å². The van der Waals surface area contributed by atoms with E-state index in [0.29, 0.717) is 0 Å². The molecule has 8 nitrogen and oxygen atoms in total. The van der Waals surface area contributed by atoms with Gasteiger partial charge in [0.25, 0.3) is 5.96 Å². The predicted octanol–water partition coefficient (Wildman–Crippen LogP) is 1.35. The number of aliphatic imine (C=N–C) groups is 1. The molecule has 0 radical (unpaired) electrons. The first kappa shape index (κ1) is 11.4. The summed E-state index contributed by atoms with van der Waals surface area (Å²) in [5, 5.41) is 18.8. The lowest BCUT2D eigenvalue weighted by Crippen LogP contribution is -2.21. The van der Waals surface area contributed by atoms with Crippen LogP contribution < -0.4 is 11.5 Å². The number of nitrogens with zero attached hydrogens (tertiary/aromatic N) is 5. The highest BCUT2D eigenvalue weighted by atomic mass is 15.6. The summed E-state index contributed by atoms with van der Waals surface area (Å²) in [5.41, 5.74) is 11.1. The SMILES string of the molecule is N=C1N=NN=N1.NC(N)=Nc1ccccc1. The second-order valence-corrected chi connectivity index (χ2v) is 2.57. The van der Waals surface area contributed by atoms with Crippen molar-refractivity contribution in [1.82, 2.24) is 0 Å². The molecule has 8 heteroatoms. The number of nitrogens with one attached hydrogen (secondary N) is 1. The fourth-order valence-electron chi connectivity index (χ4n) is 0.796. The van der Waals surface area contributed by atoms with Gasteiger partial charge in [0.2, 0.25) is 0 Å². The molecule has 0 unspecified atom stereocenters. The van der Waals surface area contributed by atoms with Gasteiger partial charge in [-0.15, -0.1) is 0 Å². The van der Waals surface area contributed by atoms with Crippen molar-refractivity contribution >= 4 is 17.6 Å². The molecule has 0 atom stereocenters. The predicted molar refractivity (Wildman–Crippen MR) is 59.4 cm³/mol.